The van der Waals surface area contributed by atoms with Gasteiger partial charge in [0.1, 0.15) is 9.35 Å². The standard InChI is InChI=1S/C10H8FIN4O2/c11-4-9(17)14-15-10(18)6-1-2-16-7(12)5-13-8(16)3-6/h1-3,5H,4H2,(H,14,17)(H,15,18). The molecule has 0 bridgehead atoms. The van der Waals surface area contributed by atoms with E-state index in [4.69, 9.17) is 0 Å². The zero-order chi connectivity index (χ0) is 13.1. The normalized spacial score (nSPS) is 10.3. The van der Waals surface area contributed by atoms with E-state index in [-0.39, 0.29) is 0 Å². The lowest BCUT2D eigenvalue weighted by molar-refractivity contribution is -0.122. The molecule has 0 fully saturated rings. The summed E-state index contributed by atoms with van der Waals surface area (Å²) < 4.78 is 14.6. The number of carbonyl (C=O) groups is 2. The minimum atomic E-state index is -1.18. The van der Waals surface area contributed by atoms with E-state index < -0.39 is 18.5 Å². The monoisotopic (exact) mass is 362 g/mol. The van der Waals surface area contributed by atoms with Gasteiger partial charge in [0.15, 0.2) is 6.67 Å². The van der Waals surface area contributed by atoms with Gasteiger partial charge in [-0.3, -0.25) is 24.8 Å². The van der Waals surface area contributed by atoms with Crippen molar-refractivity contribution in [2.45, 2.75) is 0 Å². The number of nitrogens with zero attached hydrogens (tertiary/aromatic N) is 2. The van der Waals surface area contributed by atoms with Crippen LogP contribution in [0.5, 0.6) is 0 Å². The van der Waals surface area contributed by atoms with Crippen molar-refractivity contribution in [3.63, 3.8) is 0 Å². The van der Waals surface area contributed by atoms with Crippen LogP contribution in [0.4, 0.5) is 4.39 Å². The Hall–Kier alpha value is -1.71. The van der Waals surface area contributed by atoms with E-state index in [2.05, 4.69) is 33.0 Å². The van der Waals surface area contributed by atoms with Crippen molar-refractivity contribution < 1.29 is 14.0 Å². The van der Waals surface area contributed by atoms with Gasteiger partial charge in [-0.25, -0.2) is 9.37 Å². The SMILES string of the molecule is O=C(CF)NNC(=O)c1ccn2c(I)cnc2c1. The number of hydrogen-bond acceptors (Lipinski definition) is 3. The molecule has 8 heteroatoms. The van der Waals surface area contributed by atoms with E-state index in [1.807, 2.05) is 5.43 Å². The number of imidazole rings is 1. The first-order chi connectivity index (χ1) is 8.61. The van der Waals surface area contributed by atoms with Crippen molar-refractivity contribution in [2.75, 3.05) is 6.67 Å². The van der Waals surface area contributed by atoms with Gasteiger partial charge in [0, 0.05) is 11.8 Å². The molecule has 2 aromatic rings. The van der Waals surface area contributed by atoms with Crippen LogP contribution >= 0.6 is 22.6 Å². The summed E-state index contributed by atoms with van der Waals surface area (Å²) in [5.74, 6) is -1.43. The summed E-state index contributed by atoms with van der Waals surface area (Å²) in [6, 6.07) is 3.15. The number of pyridine rings is 1. The molecule has 0 saturated heterocycles. The number of fused-ring (bicyclic) bond motifs is 1. The lowest BCUT2D eigenvalue weighted by Gasteiger charge is -2.05. The Balaban J connectivity index is 2.15. The van der Waals surface area contributed by atoms with Crippen LogP contribution in [0, 0.1) is 3.70 Å². The molecule has 0 unspecified atom stereocenters. The highest BCUT2D eigenvalue weighted by molar-refractivity contribution is 14.1. The zero-order valence-electron chi connectivity index (χ0n) is 8.98. The molecule has 2 aromatic heterocycles. The predicted octanol–water partition coefficient (Wildman–Crippen LogP) is 0.669. The van der Waals surface area contributed by atoms with Crippen LogP contribution in [0.3, 0.4) is 0 Å². The minimum absolute atomic E-state index is 0.323. The lowest BCUT2D eigenvalue weighted by Crippen LogP contribution is -2.42. The number of aromatic nitrogens is 2. The molecule has 0 aromatic carbocycles. The Morgan fingerprint density at radius 3 is 2.94 bits per heavy atom. The topological polar surface area (TPSA) is 75.5 Å². The Labute approximate surface area is 115 Å². The molecule has 0 saturated carbocycles. The van der Waals surface area contributed by atoms with Crippen LogP contribution < -0.4 is 10.9 Å². The molecule has 0 atom stereocenters. The van der Waals surface area contributed by atoms with E-state index >= 15 is 0 Å². The summed E-state index contributed by atoms with van der Waals surface area (Å²) in [5.41, 5.74) is 4.98. The van der Waals surface area contributed by atoms with Crippen molar-refractivity contribution in [1.82, 2.24) is 20.2 Å². The van der Waals surface area contributed by atoms with Gasteiger partial charge in [-0.1, -0.05) is 0 Å². The van der Waals surface area contributed by atoms with Crippen molar-refractivity contribution in [3.8, 4) is 0 Å². The van der Waals surface area contributed by atoms with Crippen molar-refractivity contribution in [1.29, 1.82) is 0 Å². The third-order valence-electron chi connectivity index (χ3n) is 2.17. The molecule has 0 aliphatic carbocycles. The number of hydrogen-bond donors (Lipinski definition) is 2. The average molecular weight is 362 g/mol. The molecule has 0 aliphatic heterocycles. The maximum Gasteiger partial charge on any atom is 0.269 e. The van der Waals surface area contributed by atoms with Gasteiger partial charge in [0.05, 0.1) is 6.20 Å². The first-order valence-electron chi connectivity index (χ1n) is 4.89. The van der Waals surface area contributed by atoms with Crippen LogP contribution in [-0.2, 0) is 4.79 Å². The second-order valence-electron chi connectivity index (χ2n) is 3.36. The number of rotatable bonds is 2. The second kappa shape index (κ2) is 5.29. The number of hydrazine groups is 1. The Morgan fingerprint density at radius 2 is 2.22 bits per heavy atom. The number of nitrogens with one attached hydrogen (secondary N) is 2. The maximum atomic E-state index is 11.9. The van der Waals surface area contributed by atoms with Crippen molar-refractivity contribution in [2.24, 2.45) is 0 Å². The summed E-state index contributed by atoms with van der Waals surface area (Å²) in [4.78, 5) is 26.4. The summed E-state index contributed by atoms with van der Waals surface area (Å²) in [6.07, 6.45) is 3.36. The van der Waals surface area contributed by atoms with Gasteiger partial charge in [0.2, 0.25) is 0 Å². The largest absolute Gasteiger partial charge is 0.295 e. The van der Waals surface area contributed by atoms with Crippen LogP contribution in [0.2, 0.25) is 0 Å². The highest BCUT2D eigenvalue weighted by Gasteiger charge is 2.09. The van der Waals surface area contributed by atoms with Crippen molar-refractivity contribution >= 4 is 40.1 Å². The minimum Gasteiger partial charge on any atom is -0.295 e. The first-order valence-corrected chi connectivity index (χ1v) is 5.97. The van der Waals surface area contributed by atoms with Gasteiger partial charge >= 0.3 is 0 Å². The molecule has 2 rings (SSSR count). The number of amides is 2. The van der Waals surface area contributed by atoms with Gasteiger partial charge in [-0.05, 0) is 34.7 Å². The molecule has 2 amide bonds. The number of carbonyl (C=O) groups excluding carboxylic acids is 2. The molecule has 2 N–H and O–H groups in total. The second-order valence-corrected chi connectivity index (χ2v) is 4.47. The fourth-order valence-electron chi connectivity index (χ4n) is 1.32. The third-order valence-corrected chi connectivity index (χ3v) is 2.97. The van der Waals surface area contributed by atoms with E-state index in [0.717, 1.165) is 3.70 Å². The summed E-state index contributed by atoms with van der Waals surface area (Å²) >= 11 is 2.11. The van der Waals surface area contributed by atoms with Gasteiger partial charge < -0.3 is 0 Å². The lowest BCUT2D eigenvalue weighted by atomic mass is 10.2. The van der Waals surface area contributed by atoms with E-state index in [1.54, 1.807) is 28.9 Å². The van der Waals surface area contributed by atoms with E-state index in [9.17, 15) is 14.0 Å². The Kier molecular flexibility index (Phi) is 3.75. The molecule has 2 heterocycles. The summed E-state index contributed by atoms with van der Waals surface area (Å²) in [7, 11) is 0. The zero-order valence-corrected chi connectivity index (χ0v) is 11.1. The van der Waals surface area contributed by atoms with Crippen LogP contribution in [-0.4, -0.2) is 27.9 Å². The van der Waals surface area contributed by atoms with Crippen LogP contribution in [0.1, 0.15) is 10.4 Å². The fourth-order valence-corrected chi connectivity index (χ4v) is 1.87. The van der Waals surface area contributed by atoms with E-state index in [1.165, 1.54) is 0 Å². The number of halogens is 2. The van der Waals surface area contributed by atoms with Gasteiger partial charge in [-0.2, -0.15) is 0 Å². The van der Waals surface area contributed by atoms with Gasteiger partial charge in [-0.15, -0.1) is 0 Å². The maximum absolute atomic E-state index is 11.9. The smallest absolute Gasteiger partial charge is 0.269 e. The highest BCUT2D eigenvalue weighted by atomic mass is 127. The molecule has 18 heavy (non-hydrogen) atoms. The molecule has 6 nitrogen and oxygen atoms in total. The molecular formula is C10H8FIN4O2. The quantitative estimate of drug-likeness (QED) is 0.609. The van der Waals surface area contributed by atoms with Crippen molar-refractivity contribution in [3.05, 3.63) is 33.8 Å². The molecule has 94 valence electrons. The molecule has 0 radical (unpaired) electrons. The molecule has 0 aliphatic rings. The van der Waals surface area contributed by atoms with Gasteiger partial charge in [0.25, 0.3) is 11.8 Å². The average Bonchev–Trinajstić information content (AvgIpc) is 2.76. The number of alkyl halides is 1. The summed E-state index contributed by atoms with van der Waals surface area (Å²) in [6.45, 7) is -1.18. The first kappa shape index (κ1) is 12.7. The van der Waals surface area contributed by atoms with E-state index in [0.29, 0.717) is 11.2 Å². The highest BCUT2D eigenvalue weighted by Crippen LogP contribution is 2.10. The predicted molar refractivity (Wildman–Crippen MR) is 69.5 cm³/mol. The Bertz CT molecular complexity index is 613. The third kappa shape index (κ3) is 2.58. The summed E-state index contributed by atoms with van der Waals surface area (Å²) in [5, 5.41) is 0. The fraction of sp³-hybridized carbons (Fsp3) is 0.100. The molecule has 0 spiro atoms. The van der Waals surface area contributed by atoms with Crippen LogP contribution in [0.15, 0.2) is 24.5 Å². The van der Waals surface area contributed by atoms with Crippen LogP contribution in [0.25, 0.3) is 5.65 Å². The molecular weight excluding hydrogens is 354 g/mol. The Morgan fingerprint density at radius 1 is 1.44 bits per heavy atom.